The highest BCUT2D eigenvalue weighted by atomic mass is 16.5. The molecule has 1 aliphatic heterocycles. The van der Waals surface area contributed by atoms with E-state index in [0.717, 1.165) is 43.2 Å². The molecule has 26 heavy (non-hydrogen) atoms. The van der Waals surface area contributed by atoms with E-state index in [1.165, 1.54) is 24.8 Å². The van der Waals surface area contributed by atoms with Crippen molar-refractivity contribution in [3.05, 3.63) is 29.8 Å². The highest BCUT2D eigenvalue weighted by Gasteiger charge is 2.34. The van der Waals surface area contributed by atoms with Gasteiger partial charge in [0.25, 0.3) is 0 Å². The minimum atomic E-state index is 0.0449. The van der Waals surface area contributed by atoms with E-state index < -0.39 is 0 Å². The van der Waals surface area contributed by atoms with Crippen LogP contribution in [-0.2, 0) is 11.3 Å². The smallest absolute Gasteiger partial charge is 0.119 e. The SMILES string of the molecule is CC(C)Oc1ccc(CNCCC(C(C)C)C2CCOC(C)(C)C2)cc1. The van der Waals surface area contributed by atoms with Gasteiger partial charge in [-0.05, 0) is 89.0 Å². The van der Waals surface area contributed by atoms with Gasteiger partial charge in [-0.1, -0.05) is 26.0 Å². The summed E-state index contributed by atoms with van der Waals surface area (Å²) in [5.41, 5.74) is 1.36. The van der Waals surface area contributed by atoms with Crippen molar-refractivity contribution in [2.45, 2.75) is 79.1 Å². The lowest BCUT2D eigenvalue weighted by Gasteiger charge is -2.40. The minimum Gasteiger partial charge on any atom is -0.491 e. The Morgan fingerprint density at radius 1 is 1.15 bits per heavy atom. The van der Waals surface area contributed by atoms with Crippen LogP contribution in [0.3, 0.4) is 0 Å². The van der Waals surface area contributed by atoms with Gasteiger partial charge in [0.2, 0.25) is 0 Å². The lowest BCUT2D eigenvalue weighted by atomic mass is 9.73. The van der Waals surface area contributed by atoms with E-state index in [4.69, 9.17) is 9.47 Å². The number of hydrogen-bond acceptors (Lipinski definition) is 3. The fourth-order valence-corrected chi connectivity index (χ4v) is 4.22. The quantitative estimate of drug-likeness (QED) is 0.595. The Kier molecular flexibility index (Phi) is 7.97. The van der Waals surface area contributed by atoms with E-state index in [-0.39, 0.29) is 11.7 Å². The summed E-state index contributed by atoms with van der Waals surface area (Å²) in [5.74, 6) is 3.23. The summed E-state index contributed by atoms with van der Waals surface area (Å²) in [5, 5.41) is 3.64. The van der Waals surface area contributed by atoms with Crippen LogP contribution >= 0.6 is 0 Å². The summed E-state index contributed by atoms with van der Waals surface area (Å²) < 4.78 is 11.6. The molecule has 1 aromatic rings. The van der Waals surface area contributed by atoms with Crippen LogP contribution in [0.15, 0.2) is 24.3 Å². The van der Waals surface area contributed by atoms with Crippen LogP contribution in [0.4, 0.5) is 0 Å². The molecule has 0 aromatic heterocycles. The predicted octanol–water partition coefficient (Wildman–Crippen LogP) is 5.43. The Labute approximate surface area is 160 Å². The summed E-state index contributed by atoms with van der Waals surface area (Å²) >= 11 is 0. The van der Waals surface area contributed by atoms with E-state index in [1.807, 2.05) is 0 Å². The Morgan fingerprint density at radius 3 is 2.42 bits per heavy atom. The molecule has 1 saturated heterocycles. The van der Waals surface area contributed by atoms with Crippen LogP contribution in [0.1, 0.15) is 66.4 Å². The van der Waals surface area contributed by atoms with Crippen molar-refractivity contribution in [2.24, 2.45) is 17.8 Å². The van der Waals surface area contributed by atoms with Crippen molar-refractivity contribution < 1.29 is 9.47 Å². The van der Waals surface area contributed by atoms with E-state index in [1.54, 1.807) is 0 Å². The predicted molar refractivity (Wildman–Crippen MR) is 110 cm³/mol. The zero-order chi connectivity index (χ0) is 19.2. The maximum absolute atomic E-state index is 5.92. The molecule has 0 spiro atoms. The summed E-state index contributed by atoms with van der Waals surface area (Å²) in [6, 6.07) is 8.45. The highest BCUT2D eigenvalue weighted by molar-refractivity contribution is 5.27. The standard InChI is InChI=1S/C23H39NO2/c1-17(2)22(20-12-14-25-23(5,6)15-20)11-13-24-16-19-7-9-21(10-8-19)26-18(3)4/h7-10,17-18,20,22,24H,11-16H2,1-6H3. The molecule has 148 valence electrons. The van der Waals surface area contributed by atoms with E-state index >= 15 is 0 Å². The average Bonchev–Trinajstić information content (AvgIpc) is 2.54. The topological polar surface area (TPSA) is 30.5 Å². The third-order valence-corrected chi connectivity index (χ3v) is 5.48. The number of hydrogen-bond donors (Lipinski definition) is 1. The Hall–Kier alpha value is -1.06. The molecule has 1 fully saturated rings. The van der Waals surface area contributed by atoms with E-state index in [2.05, 4.69) is 71.1 Å². The Bertz CT molecular complexity index is 522. The lowest BCUT2D eigenvalue weighted by Crippen LogP contribution is -2.38. The largest absolute Gasteiger partial charge is 0.491 e. The van der Waals surface area contributed by atoms with Gasteiger partial charge in [0.15, 0.2) is 0 Å². The number of nitrogens with one attached hydrogen (secondary N) is 1. The van der Waals surface area contributed by atoms with Crippen molar-refractivity contribution in [3.63, 3.8) is 0 Å². The lowest BCUT2D eigenvalue weighted by molar-refractivity contribution is -0.0867. The van der Waals surface area contributed by atoms with Gasteiger partial charge in [-0.15, -0.1) is 0 Å². The molecule has 0 aliphatic carbocycles. The van der Waals surface area contributed by atoms with Crippen molar-refractivity contribution >= 4 is 0 Å². The normalized spacial score (nSPS) is 21.2. The molecule has 2 unspecified atom stereocenters. The molecule has 1 aliphatic rings. The van der Waals surface area contributed by atoms with Gasteiger partial charge in [0, 0.05) is 13.2 Å². The first-order chi connectivity index (χ1) is 12.3. The highest BCUT2D eigenvalue weighted by Crippen LogP contribution is 2.37. The summed E-state index contributed by atoms with van der Waals surface area (Å²) in [6.45, 7) is 16.3. The zero-order valence-electron chi connectivity index (χ0n) is 17.7. The van der Waals surface area contributed by atoms with E-state index in [9.17, 15) is 0 Å². The van der Waals surface area contributed by atoms with Crippen molar-refractivity contribution in [1.82, 2.24) is 5.32 Å². The number of benzene rings is 1. The summed E-state index contributed by atoms with van der Waals surface area (Å²) in [6.07, 6.45) is 3.87. The molecule has 0 amide bonds. The van der Waals surface area contributed by atoms with Crippen LogP contribution in [0.2, 0.25) is 0 Å². The maximum Gasteiger partial charge on any atom is 0.119 e. The fraction of sp³-hybridized carbons (Fsp3) is 0.739. The molecule has 0 radical (unpaired) electrons. The average molecular weight is 362 g/mol. The van der Waals surface area contributed by atoms with Crippen LogP contribution in [0.5, 0.6) is 5.75 Å². The molecular weight excluding hydrogens is 322 g/mol. The van der Waals surface area contributed by atoms with Crippen LogP contribution in [-0.4, -0.2) is 24.9 Å². The zero-order valence-corrected chi connectivity index (χ0v) is 17.7. The first-order valence-corrected chi connectivity index (χ1v) is 10.4. The molecule has 3 nitrogen and oxygen atoms in total. The van der Waals surface area contributed by atoms with Gasteiger partial charge in [-0.2, -0.15) is 0 Å². The Balaban J connectivity index is 1.77. The van der Waals surface area contributed by atoms with Crippen LogP contribution < -0.4 is 10.1 Å². The van der Waals surface area contributed by atoms with Gasteiger partial charge in [-0.25, -0.2) is 0 Å². The molecule has 0 saturated carbocycles. The first-order valence-electron chi connectivity index (χ1n) is 10.4. The molecule has 0 bridgehead atoms. The van der Waals surface area contributed by atoms with Crippen LogP contribution in [0.25, 0.3) is 0 Å². The maximum atomic E-state index is 5.92. The summed E-state index contributed by atoms with van der Waals surface area (Å²) in [7, 11) is 0. The fourth-order valence-electron chi connectivity index (χ4n) is 4.22. The molecule has 1 aromatic carbocycles. The molecule has 2 rings (SSSR count). The number of rotatable bonds is 9. The second-order valence-corrected chi connectivity index (χ2v) is 9.04. The second-order valence-electron chi connectivity index (χ2n) is 9.04. The molecule has 2 atom stereocenters. The monoisotopic (exact) mass is 361 g/mol. The molecule has 3 heteroatoms. The second kappa shape index (κ2) is 9.75. The van der Waals surface area contributed by atoms with Crippen molar-refractivity contribution in [2.75, 3.05) is 13.2 Å². The Morgan fingerprint density at radius 2 is 1.85 bits per heavy atom. The van der Waals surface area contributed by atoms with Crippen LogP contribution in [0, 0.1) is 17.8 Å². The first kappa shape index (κ1) is 21.2. The van der Waals surface area contributed by atoms with Gasteiger partial charge >= 0.3 is 0 Å². The summed E-state index contributed by atoms with van der Waals surface area (Å²) in [4.78, 5) is 0. The van der Waals surface area contributed by atoms with E-state index in [0.29, 0.717) is 0 Å². The molecule has 1 N–H and O–H groups in total. The minimum absolute atomic E-state index is 0.0449. The van der Waals surface area contributed by atoms with Gasteiger partial charge in [0.1, 0.15) is 5.75 Å². The molecule has 1 heterocycles. The van der Waals surface area contributed by atoms with Crippen molar-refractivity contribution in [3.8, 4) is 5.75 Å². The third kappa shape index (κ3) is 6.92. The van der Waals surface area contributed by atoms with Gasteiger partial charge in [-0.3, -0.25) is 0 Å². The molecular formula is C23H39NO2. The van der Waals surface area contributed by atoms with Crippen molar-refractivity contribution in [1.29, 1.82) is 0 Å². The third-order valence-electron chi connectivity index (χ3n) is 5.48. The number of ether oxygens (including phenoxy) is 2. The van der Waals surface area contributed by atoms with Gasteiger partial charge in [0.05, 0.1) is 11.7 Å². The van der Waals surface area contributed by atoms with Gasteiger partial charge < -0.3 is 14.8 Å².